The Balaban J connectivity index is 1.99. The van der Waals surface area contributed by atoms with Crippen molar-refractivity contribution in [2.24, 2.45) is 5.41 Å². The molecule has 1 aromatic heterocycles. The molecule has 1 aliphatic heterocycles. The predicted molar refractivity (Wildman–Crippen MR) is 85.3 cm³/mol. The Bertz CT molecular complexity index is 405. The number of hydrogen-bond donors (Lipinski definition) is 1. The van der Waals surface area contributed by atoms with Crippen molar-refractivity contribution in [1.29, 1.82) is 0 Å². The van der Waals surface area contributed by atoms with Crippen molar-refractivity contribution in [3.63, 3.8) is 0 Å². The Hall–Kier alpha value is -1.32. The van der Waals surface area contributed by atoms with Crippen molar-refractivity contribution in [2.45, 2.75) is 52.9 Å². The molecule has 1 N–H and O–H groups in total. The molecule has 1 aliphatic rings. The van der Waals surface area contributed by atoms with Gasteiger partial charge < -0.3 is 10.2 Å². The molecule has 112 valence electrons. The molecule has 4 nitrogen and oxygen atoms in total. The molecule has 0 saturated carbocycles. The van der Waals surface area contributed by atoms with E-state index in [4.69, 9.17) is 0 Å². The molecule has 0 radical (unpaired) electrons. The predicted octanol–water partition coefficient (Wildman–Crippen LogP) is 3.71. The lowest BCUT2D eigenvalue weighted by molar-refractivity contribution is 0.199. The minimum Gasteiger partial charge on any atom is -0.369 e. The summed E-state index contributed by atoms with van der Waals surface area (Å²) >= 11 is 0. The first kappa shape index (κ1) is 15.1. The fourth-order valence-corrected chi connectivity index (χ4v) is 3.01. The van der Waals surface area contributed by atoms with Gasteiger partial charge in [-0.05, 0) is 24.7 Å². The zero-order valence-corrected chi connectivity index (χ0v) is 13.2. The quantitative estimate of drug-likeness (QED) is 0.860. The lowest BCUT2D eigenvalue weighted by Gasteiger charge is -2.41. The molecule has 0 unspecified atom stereocenters. The second kappa shape index (κ2) is 6.91. The van der Waals surface area contributed by atoms with Crippen molar-refractivity contribution >= 4 is 11.6 Å². The van der Waals surface area contributed by atoms with Gasteiger partial charge in [0, 0.05) is 19.6 Å². The first-order chi connectivity index (χ1) is 9.73. The van der Waals surface area contributed by atoms with E-state index >= 15 is 0 Å². The maximum absolute atomic E-state index is 4.69. The molecule has 0 aromatic carbocycles. The lowest BCUT2D eigenvalue weighted by atomic mass is 9.74. The van der Waals surface area contributed by atoms with Gasteiger partial charge in [-0.15, -0.1) is 0 Å². The number of anilines is 2. The average Bonchev–Trinajstić information content (AvgIpc) is 2.53. The van der Waals surface area contributed by atoms with Crippen molar-refractivity contribution in [2.75, 3.05) is 29.9 Å². The summed E-state index contributed by atoms with van der Waals surface area (Å²) in [5.41, 5.74) is 0.558. The second-order valence-corrected chi connectivity index (χ2v) is 5.88. The van der Waals surface area contributed by atoms with Gasteiger partial charge in [0.15, 0.2) is 0 Å². The van der Waals surface area contributed by atoms with E-state index in [0.29, 0.717) is 5.41 Å². The molecule has 0 atom stereocenters. The topological polar surface area (TPSA) is 41.1 Å². The van der Waals surface area contributed by atoms with Crippen LogP contribution >= 0.6 is 0 Å². The standard InChI is InChI=1S/C16H28N4/c1-4-9-18-14-12-17-13-15(19-14)20-10-7-16(5-2,6-3)8-11-20/h12-13H,4-11H2,1-3H3,(H,18,19). The summed E-state index contributed by atoms with van der Waals surface area (Å²) in [5.74, 6) is 1.92. The molecule has 4 heteroatoms. The first-order valence-electron chi connectivity index (χ1n) is 8.04. The third-order valence-corrected chi connectivity index (χ3v) is 4.83. The van der Waals surface area contributed by atoms with Gasteiger partial charge in [-0.2, -0.15) is 0 Å². The smallest absolute Gasteiger partial charge is 0.149 e. The van der Waals surface area contributed by atoms with Crippen LogP contribution in [0.15, 0.2) is 12.4 Å². The molecule has 0 aliphatic carbocycles. The minimum absolute atomic E-state index is 0.558. The molecule has 0 bridgehead atoms. The molecule has 1 fully saturated rings. The van der Waals surface area contributed by atoms with Gasteiger partial charge in [0.2, 0.25) is 0 Å². The van der Waals surface area contributed by atoms with E-state index in [0.717, 1.165) is 37.7 Å². The number of hydrogen-bond acceptors (Lipinski definition) is 4. The SMILES string of the molecule is CCCNc1cncc(N2CCC(CC)(CC)CC2)n1. The molecule has 2 heterocycles. The van der Waals surface area contributed by atoms with E-state index < -0.39 is 0 Å². The molecule has 20 heavy (non-hydrogen) atoms. The van der Waals surface area contributed by atoms with Crippen LogP contribution in [0.5, 0.6) is 0 Å². The number of nitrogens with one attached hydrogen (secondary N) is 1. The highest BCUT2D eigenvalue weighted by Crippen LogP contribution is 2.38. The van der Waals surface area contributed by atoms with E-state index in [-0.39, 0.29) is 0 Å². The van der Waals surface area contributed by atoms with Gasteiger partial charge in [-0.1, -0.05) is 33.6 Å². The Labute approximate surface area is 123 Å². The van der Waals surface area contributed by atoms with Crippen molar-refractivity contribution in [3.8, 4) is 0 Å². The summed E-state index contributed by atoms with van der Waals surface area (Å²) in [5, 5.41) is 3.31. The fourth-order valence-electron chi connectivity index (χ4n) is 3.01. The van der Waals surface area contributed by atoms with Crippen LogP contribution < -0.4 is 10.2 Å². The molecule has 0 spiro atoms. The lowest BCUT2D eigenvalue weighted by Crippen LogP contribution is -2.40. The van der Waals surface area contributed by atoms with Crippen LogP contribution in [0.3, 0.4) is 0 Å². The third-order valence-electron chi connectivity index (χ3n) is 4.83. The fraction of sp³-hybridized carbons (Fsp3) is 0.750. The number of rotatable bonds is 6. The Morgan fingerprint density at radius 1 is 1.15 bits per heavy atom. The van der Waals surface area contributed by atoms with E-state index in [1.807, 2.05) is 12.4 Å². The van der Waals surface area contributed by atoms with Crippen molar-refractivity contribution in [1.82, 2.24) is 9.97 Å². The largest absolute Gasteiger partial charge is 0.369 e. The summed E-state index contributed by atoms with van der Waals surface area (Å²) in [6.45, 7) is 9.97. The third kappa shape index (κ3) is 3.41. The van der Waals surface area contributed by atoms with Crippen LogP contribution in [0.1, 0.15) is 52.9 Å². The first-order valence-corrected chi connectivity index (χ1v) is 8.04. The summed E-state index contributed by atoms with van der Waals surface area (Å²) in [6.07, 6.45) is 9.93. The minimum atomic E-state index is 0.558. The van der Waals surface area contributed by atoms with Gasteiger partial charge in [0.05, 0.1) is 12.4 Å². The van der Waals surface area contributed by atoms with Crippen LogP contribution in [0.4, 0.5) is 11.6 Å². The maximum atomic E-state index is 4.69. The highest BCUT2D eigenvalue weighted by Gasteiger charge is 2.31. The Morgan fingerprint density at radius 2 is 1.85 bits per heavy atom. The average molecular weight is 276 g/mol. The molecule has 2 rings (SSSR count). The zero-order valence-electron chi connectivity index (χ0n) is 13.2. The highest BCUT2D eigenvalue weighted by molar-refractivity contribution is 5.44. The summed E-state index contributed by atoms with van der Waals surface area (Å²) < 4.78 is 0. The molecule has 1 aromatic rings. The summed E-state index contributed by atoms with van der Waals surface area (Å²) in [4.78, 5) is 11.4. The van der Waals surface area contributed by atoms with Gasteiger partial charge in [0.25, 0.3) is 0 Å². The second-order valence-electron chi connectivity index (χ2n) is 5.88. The van der Waals surface area contributed by atoms with E-state index in [9.17, 15) is 0 Å². The number of piperidine rings is 1. The van der Waals surface area contributed by atoms with Crippen LogP contribution in [0.25, 0.3) is 0 Å². The van der Waals surface area contributed by atoms with Gasteiger partial charge in [-0.25, -0.2) is 4.98 Å². The van der Waals surface area contributed by atoms with Crippen molar-refractivity contribution in [3.05, 3.63) is 12.4 Å². The maximum Gasteiger partial charge on any atom is 0.149 e. The molecule has 0 amide bonds. The Morgan fingerprint density at radius 3 is 2.45 bits per heavy atom. The van der Waals surface area contributed by atoms with Crippen LogP contribution in [-0.2, 0) is 0 Å². The highest BCUT2D eigenvalue weighted by atomic mass is 15.2. The molecular formula is C16H28N4. The van der Waals surface area contributed by atoms with Crippen LogP contribution in [0.2, 0.25) is 0 Å². The Kier molecular flexibility index (Phi) is 5.21. The van der Waals surface area contributed by atoms with Gasteiger partial charge in [0.1, 0.15) is 11.6 Å². The van der Waals surface area contributed by atoms with Gasteiger partial charge in [-0.3, -0.25) is 4.98 Å². The normalized spacial score (nSPS) is 18.1. The van der Waals surface area contributed by atoms with E-state index in [1.165, 1.54) is 25.7 Å². The van der Waals surface area contributed by atoms with Crippen LogP contribution in [0, 0.1) is 5.41 Å². The van der Waals surface area contributed by atoms with Crippen LogP contribution in [-0.4, -0.2) is 29.6 Å². The monoisotopic (exact) mass is 276 g/mol. The number of nitrogens with zero attached hydrogens (tertiary/aromatic N) is 3. The molecule has 1 saturated heterocycles. The zero-order chi connectivity index (χ0) is 14.4. The summed E-state index contributed by atoms with van der Waals surface area (Å²) in [7, 11) is 0. The van der Waals surface area contributed by atoms with Gasteiger partial charge >= 0.3 is 0 Å². The van der Waals surface area contributed by atoms with Crippen molar-refractivity contribution < 1.29 is 0 Å². The van der Waals surface area contributed by atoms with E-state index in [2.05, 4.69) is 41.0 Å². The van der Waals surface area contributed by atoms with E-state index in [1.54, 1.807) is 0 Å². The molecular weight excluding hydrogens is 248 g/mol. The summed E-state index contributed by atoms with van der Waals surface area (Å²) in [6, 6.07) is 0. The number of aromatic nitrogens is 2.